The number of aromatic nitrogens is 2. The van der Waals surface area contributed by atoms with Gasteiger partial charge in [-0.15, -0.1) is 0 Å². The topological polar surface area (TPSA) is 210 Å². The Morgan fingerprint density at radius 3 is 1.73 bits per heavy atom. The van der Waals surface area contributed by atoms with Crippen LogP contribution in [0.4, 0.5) is 10.5 Å². The summed E-state index contributed by atoms with van der Waals surface area (Å²) in [6.45, 7) is 9.74. The van der Waals surface area contributed by atoms with Gasteiger partial charge < -0.3 is 15.6 Å². The minimum Gasteiger partial charge on any atom is -0.512 e. The maximum absolute atomic E-state index is 12.8. The molecule has 0 saturated carbocycles. The van der Waals surface area contributed by atoms with Crippen LogP contribution < -0.4 is 10.6 Å². The molecule has 4 aromatic rings. The number of benzene rings is 2. The second kappa shape index (κ2) is 17.0. The Hall–Kier alpha value is -5.09. The number of pyridine rings is 2. The van der Waals surface area contributed by atoms with Crippen molar-refractivity contribution in [1.29, 1.82) is 0 Å². The number of hydrogen-bond acceptors (Lipinski definition) is 9. The Kier molecular flexibility index (Phi) is 13.5. The number of carbonyl (C=O) groups excluding carboxylic acids is 1. The Bertz CT molecular complexity index is 2030. The second-order valence-electron chi connectivity index (χ2n) is 13.0. The molecule has 2 aromatic carbocycles. The van der Waals surface area contributed by atoms with Crippen molar-refractivity contribution in [3.05, 3.63) is 137 Å². The summed E-state index contributed by atoms with van der Waals surface area (Å²) in [7, 11) is -6.47. The first kappa shape index (κ1) is 41.3. The fraction of sp³-hybridized carbons (Fsp3) is 0.270. The highest BCUT2D eigenvalue weighted by Gasteiger charge is 2.49. The van der Waals surface area contributed by atoms with E-state index in [1.807, 2.05) is 52.8 Å². The number of rotatable bonds is 7. The molecule has 1 atom stereocenters. The van der Waals surface area contributed by atoms with E-state index in [2.05, 4.69) is 9.97 Å². The monoisotopic (exact) mass is 752 g/mol. The van der Waals surface area contributed by atoms with Crippen molar-refractivity contribution >= 4 is 32.0 Å². The minimum atomic E-state index is -4.02. The summed E-state index contributed by atoms with van der Waals surface area (Å²) >= 11 is 0. The van der Waals surface area contributed by atoms with E-state index >= 15 is 0 Å². The van der Waals surface area contributed by atoms with Crippen molar-refractivity contribution in [3.63, 3.8) is 0 Å². The summed E-state index contributed by atoms with van der Waals surface area (Å²) in [5.74, 6) is 0.747. The number of urea groups is 1. The molecule has 0 spiro atoms. The van der Waals surface area contributed by atoms with Crippen molar-refractivity contribution in [1.82, 2.24) is 9.97 Å². The predicted molar refractivity (Wildman–Crippen MR) is 198 cm³/mol. The molecule has 5 rings (SSSR count). The SMILES string of the molecule is COC1=CC(C(C)(C)C)=C(O)CC1(Cc1ccncc1)N(C(N)=O)c1cccnc1.Cc1ccc(S(=O)(=O)O)cc1.Cc1ccc(S(=O)(=O)O)cc1. The van der Waals surface area contributed by atoms with Gasteiger partial charge >= 0.3 is 6.03 Å². The summed E-state index contributed by atoms with van der Waals surface area (Å²) in [6.07, 6.45) is 8.93. The van der Waals surface area contributed by atoms with Crippen LogP contribution in [0, 0.1) is 19.3 Å². The molecule has 0 saturated heterocycles. The number of aliphatic hydroxyl groups excluding tert-OH is 1. The van der Waals surface area contributed by atoms with Gasteiger partial charge in [-0.3, -0.25) is 24.0 Å². The molecule has 1 aliphatic rings. The van der Waals surface area contributed by atoms with Crippen LogP contribution in [-0.2, 0) is 31.4 Å². The molecule has 5 N–H and O–H groups in total. The summed E-state index contributed by atoms with van der Waals surface area (Å²) in [5.41, 5.74) is 8.64. The van der Waals surface area contributed by atoms with Crippen LogP contribution in [0.1, 0.15) is 43.9 Å². The van der Waals surface area contributed by atoms with Crippen molar-refractivity contribution in [3.8, 4) is 0 Å². The molecule has 0 radical (unpaired) electrons. The largest absolute Gasteiger partial charge is 0.512 e. The molecule has 0 aliphatic heterocycles. The van der Waals surface area contributed by atoms with E-state index in [0.717, 1.165) is 22.3 Å². The highest BCUT2D eigenvalue weighted by atomic mass is 32.2. The number of amides is 2. The van der Waals surface area contributed by atoms with E-state index in [0.29, 0.717) is 17.9 Å². The maximum Gasteiger partial charge on any atom is 0.320 e. The molecular weight excluding hydrogens is 709 g/mol. The fourth-order valence-corrected chi connectivity index (χ4v) is 6.41. The number of methoxy groups -OCH3 is 1. The lowest BCUT2D eigenvalue weighted by Crippen LogP contribution is -2.58. The first-order chi connectivity index (χ1) is 24.2. The van der Waals surface area contributed by atoms with Crippen LogP contribution in [0.2, 0.25) is 0 Å². The van der Waals surface area contributed by atoms with Gasteiger partial charge in [-0.25, -0.2) is 4.79 Å². The Balaban J connectivity index is 0.000000269. The zero-order valence-electron chi connectivity index (χ0n) is 29.8. The summed E-state index contributed by atoms with van der Waals surface area (Å²) < 4.78 is 64.9. The lowest BCUT2D eigenvalue weighted by Gasteiger charge is -2.46. The predicted octanol–water partition coefficient (Wildman–Crippen LogP) is 6.62. The molecule has 13 nitrogen and oxygen atoms in total. The van der Waals surface area contributed by atoms with E-state index in [9.17, 15) is 26.7 Å². The molecule has 2 amide bonds. The van der Waals surface area contributed by atoms with Gasteiger partial charge in [0.2, 0.25) is 0 Å². The van der Waals surface area contributed by atoms with E-state index in [1.54, 1.807) is 68.3 Å². The number of allylic oxidation sites excluding steroid dienone is 2. The number of ether oxygens (including phenoxy) is 1. The van der Waals surface area contributed by atoms with Gasteiger partial charge in [-0.1, -0.05) is 56.2 Å². The van der Waals surface area contributed by atoms with Crippen LogP contribution in [0.5, 0.6) is 0 Å². The van der Waals surface area contributed by atoms with Crippen LogP contribution in [0.15, 0.2) is 131 Å². The number of carbonyl (C=O) groups is 1. The van der Waals surface area contributed by atoms with Crippen LogP contribution in [-0.4, -0.2) is 59.7 Å². The first-order valence-electron chi connectivity index (χ1n) is 15.8. The van der Waals surface area contributed by atoms with Crippen molar-refractivity contribution < 1.29 is 40.6 Å². The van der Waals surface area contributed by atoms with Crippen LogP contribution >= 0.6 is 0 Å². The summed E-state index contributed by atoms with van der Waals surface area (Å²) in [6, 6.07) is 18.6. The zero-order chi connectivity index (χ0) is 38.9. The Morgan fingerprint density at radius 2 is 1.35 bits per heavy atom. The summed E-state index contributed by atoms with van der Waals surface area (Å²) in [4.78, 5) is 22.3. The number of aryl methyl sites for hydroxylation is 2. The van der Waals surface area contributed by atoms with Gasteiger partial charge in [0.25, 0.3) is 20.2 Å². The smallest absolute Gasteiger partial charge is 0.320 e. The van der Waals surface area contributed by atoms with E-state index in [-0.39, 0.29) is 27.4 Å². The van der Waals surface area contributed by atoms with Crippen LogP contribution in [0.3, 0.4) is 0 Å². The standard InChI is InChI=1S/C23H28N4O3.2C7H8O3S/c1-22(2,3)18-12-20(30-4)23(14-19(18)28,13-16-7-10-25-11-8-16)27(21(24)29)17-6-5-9-26-15-17;2*1-6-2-4-7(5-3-6)11(8,9)10/h5-12,15,28H,13-14H2,1-4H3,(H2,24,29);2*2-5H,1H3,(H,8,9,10). The van der Waals surface area contributed by atoms with E-state index in [1.165, 1.54) is 29.2 Å². The van der Waals surface area contributed by atoms with E-state index < -0.39 is 31.8 Å². The van der Waals surface area contributed by atoms with Gasteiger partial charge in [0.1, 0.15) is 11.3 Å². The summed E-state index contributed by atoms with van der Waals surface area (Å²) in [5, 5.41) is 11.1. The molecule has 1 aliphatic carbocycles. The minimum absolute atomic E-state index is 0.0666. The van der Waals surface area contributed by atoms with Gasteiger partial charge in [-0.2, -0.15) is 16.8 Å². The van der Waals surface area contributed by atoms with E-state index in [4.69, 9.17) is 19.6 Å². The number of nitrogens with zero attached hydrogens (tertiary/aromatic N) is 3. The number of nitrogens with two attached hydrogens (primary N) is 1. The van der Waals surface area contributed by atoms with Gasteiger partial charge in [-0.05, 0) is 85.0 Å². The molecule has 1 unspecified atom stereocenters. The molecule has 0 fully saturated rings. The van der Waals surface area contributed by atoms with Crippen molar-refractivity contribution in [2.75, 3.05) is 12.0 Å². The molecule has 278 valence electrons. The quantitative estimate of drug-likeness (QED) is 0.147. The number of hydrogen-bond donors (Lipinski definition) is 4. The average Bonchev–Trinajstić information content (AvgIpc) is 3.05. The number of anilines is 1. The lowest BCUT2D eigenvalue weighted by atomic mass is 9.73. The second-order valence-corrected chi connectivity index (χ2v) is 15.9. The first-order valence-corrected chi connectivity index (χ1v) is 18.7. The van der Waals surface area contributed by atoms with Crippen molar-refractivity contribution in [2.45, 2.75) is 62.8 Å². The molecule has 2 heterocycles. The molecular formula is C37H44N4O9S2. The zero-order valence-corrected chi connectivity index (χ0v) is 31.4. The molecule has 52 heavy (non-hydrogen) atoms. The maximum atomic E-state index is 12.8. The molecule has 15 heteroatoms. The molecule has 0 bridgehead atoms. The Labute approximate surface area is 305 Å². The van der Waals surface area contributed by atoms with Gasteiger partial charge in [0, 0.05) is 31.4 Å². The lowest BCUT2D eigenvalue weighted by molar-refractivity contribution is 0.184. The average molecular weight is 753 g/mol. The highest BCUT2D eigenvalue weighted by molar-refractivity contribution is 7.86. The third-order valence-corrected chi connectivity index (χ3v) is 9.70. The Morgan fingerprint density at radius 1 is 0.846 bits per heavy atom. The fourth-order valence-electron chi connectivity index (χ4n) is 5.45. The number of primary amides is 1. The highest BCUT2D eigenvalue weighted by Crippen LogP contribution is 2.45. The normalized spacial score (nSPS) is 16.0. The van der Waals surface area contributed by atoms with Crippen LogP contribution in [0.25, 0.3) is 0 Å². The third-order valence-electron chi connectivity index (χ3n) is 7.97. The number of aliphatic hydroxyl groups is 1. The third kappa shape index (κ3) is 11.0. The van der Waals surface area contributed by atoms with Crippen molar-refractivity contribution in [2.24, 2.45) is 11.1 Å². The van der Waals surface area contributed by atoms with Gasteiger partial charge in [0.15, 0.2) is 0 Å². The van der Waals surface area contributed by atoms with Gasteiger partial charge in [0.05, 0.1) is 34.5 Å². The molecule has 2 aromatic heterocycles.